The molecule has 39 heavy (non-hydrogen) atoms. The summed E-state index contributed by atoms with van der Waals surface area (Å²) in [6.07, 6.45) is -3.56. The number of hydrogen-bond acceptors (Lipinski definition) is 8. The van der Waals surface area contributed by atoms with Gasteiger partial charge in [0.15, 0.2) is 11.5 Å². The first-order valence-corrected chi connectivity index (χ1v) is 11.0. The first kappa shape index (κ1) is 25.3. The van der Waals surface area contributed by atoms with Crippen molar-refractivity contribution in [3.63, 3.8) is 0 Å². The fraction of sp³-hybridized carbons (Fsp3) is 0.0800. The summed E-state index contributed by atoms with van der Waals surface area (Å²) in [5.74, 6) is -1.46. The molecule has 0 aliphatic carbocycles. The SMILES string of the molecule is O=C1NC(=O)N(c2ccc3c(c2)OCO3)C(=O)/C1=C/c1ccc(Oc2ccc(C(F)(F)F)cc2[N+](=O)[O-])cc1. The number of nitrogens with one attached hydrogen (secondary N) is 1. The van der Waals surface area contributed by atoms with Gasteiger partial charge in [0, 0.05) is 12.1 Å². The number of nitrogens with zero attached hydrogens (tertiary/aromatic N) is 2. The van der Waals surface area contributed by atoms with E-state index in [2.05, 4.69) is 5.32 Å². The zero-order valence-corrected chi connectivity index (χ0v) is 19.4. The van der Waals surface area contributed by atoms with E-state index in [9.17, 15) is 37.7 Å². The Morgan fingerprint density at radius 3 is 2.38 bits per heavy atom. The van der Waals surface area contributed by atoms with Crippen LogP contribution in [-0.4, -0.2) is 29.6 Å². The van der Waals surface area contributed by atoms with Crippen LogP contribution < -0.4 is 24.4 Å². The van der Waals surface area contributed by atoms with Crippen molar-refractivity contribution in [1.29, 1.82) is 0 Å². The van der Waals surface area contributed by atoms with Crippen molar-refractivity contribution in [3.8, 4) is 23.0 Å². The smallest absolute Gasteiger partial charge is 0.416 e. The van der Waals surface area contributed by atoms with E-state index in [0.29, 0.717) is 29.2 Å². The van der Waals surface area contributed by atoms with Gasteiger partial charge in [-0.1, -0.05) is 12.1 Å². The molecular formula is C25H14F3N3O8. The highest BCUT2D eigenvalue weighted by Gasteiger charge is 2.37. The number of ether oxygens (including phenoxy) is 3. The van der Waals surface area contributed by atoms with Gasteiger partial charge in [0.1, 0.15) is 11.3 Å². The number of fused-ring (bicyclic) bond motifs is 1. The van der Waals surface area contributed by atoms with Crippen LogP contribution in [0.1, 0.15) is 11.1 Å². The van der Waals surface area contributed by atoms with E-state index < -0.39 is 45.9 Å². The van der Waals surface area contributed by atoms with E-state index in [0.717, 1.165) is 11.0 Å². The Balaban J connectivity index is 1.38. The molecule has 11 nitrogen and oxygen atoms in total. The maximum Gasteiger partial charge on any atom is 0.416 e. The summed E-state index contributed by atoms with van der Waals surface area (Å²) >= 11 is 0. The molecule has 0 spiro atoms. The Bertz CT molecular complexity index is 1570. The van der Waals surface area contributed by atoms with Crippen LogP contribution in [0.2, 0.25) is 0 Å². The normalized spacial score (nSPS) is 15.9. The quantitative estimate of drug-likeness (QED) is 0.211. The molecule has 3 aromatic carbocycles. The number of carbonyl (C=O) groups excluding carboxylic acids is 3. The third-order valence-electron chi connectivity index (χ3n) is 5.62. The molecule has 0 atom stereocenters. The van der Waals surface area contributed by atoms with E-state index >= 15 is 0 Å². The largest absolute Gasteiger partial charge is 0.454 e. The second-order valence-corrected chi connectivity index (χ2v) is 8.10. The van der Waals surface area contributed by atoms with Gasteiger partial charge in [0.05, 0.1) is 16.2 Å². The minimum absolute atomic E-state index is 0.0194. The molecular weight excluding hydrogens is 527 g/mol. The number of rotatable bonds is 5. The molecule has 0 aromatic heterocycles. The lowest BCUT2D eigenvalue weighted by Crippen LogP contribution is -2.54. The minimum Gasteiger partial charge on any atom is -0.454 e. The molecule has 0 bridgehead atoms. The van der Waals surface area contributed by atoms with Crippen molar-refractivity contribution in [2.45, 2.75) is 6.18 Å². The summed E-state index contributed by atoms with van der Waals surface area (Å²) in [6.45, 7) is -0.0194. The molecule has 5 rings (SSSR count). The second-order valence-electron chi connectivity index (χ2n) is 8.10. The number of benzene rings is 3. The molecule has 3 aromatic rings. The number of carbonyl (C=O) groups is 3. The van der Waals surface area contributed by atoms with Crippen molar-refractivity contribution < 1.29 is 46.7 Å². The lowest BCUT2D eigenvalue weighted by atomic mass is 10.1. The third-order valence-corrected chi connectivity index (χ3v) is 5.62. The highest BCUT2D eigenvalue weighted by Crippen LogP contribution is 2.38. The number of nitro groups is 1. The van der Waals surface area contributed by atoms with Crippen LogP contribution in [0.3, 0.4) is 0 Å². The number of urea groups is 1. The Hall–Kier alpha value is -5.40. The predicted octanol–water partition coefficient (Wildman–Crippen LogP) is 4.80. The van der Waals surface area contributed by atoms with Crippen LogP contribution in [0.5, 0.6) is 23.0 Å². The van der Waals surface area contributed by atoms with E-state index in [1.165, 1.54) is 48.5 Å². The first-order chi connectivity index (χ1) is 18.5. The summed E-state index contributed by atoms with van der Waals surface area (Å²) in [5, 5.41) is 13.4. The van der Waals surface area contributed by atoms with Crippen molar-refractivity contribution in [2.24, 2.45) is 0 Å². The molecule has 1 saturated heterocycles. The molecule has 198 valence electrons. The lowest BCUT2D eigenvalue weighted by molar-refractivity contribution is -0.385. The minimum atomic E-state index is -4.77. The number of nitro benzene ring substituents is 1. The predicted molar refractivity (Wildman–Crippen MR) is 126 cm³/mol. The third kappa shape index (κ3) is 4.94. The van der Waals surface area contributed by atoms with Gasteiger partial charge < -0.3 is 14.2 Å². The molecule has 0 saturated carbocycles. The van der Waals surface area contributed by atoms with Gasteiger partial charge in [-0.3, -0.25) is 25.0 Å². The molecule has 1 N–H and O–H groups in total. The van der Waals surface area contributed by atoms with Crippen molar-refractivity contribution >= 4 is 35.3 Å². The van der Waals surface area contributed by atoms with Crippen LogP contribution in [-0.2, 0) is 15.8 Å². The number of halogens is 3. The van der Waals surface area contributed by atoms with Gasteiger partial charge in [0.2, 0.25) is 12.5 Å². The first-order valence-electron chi connectivity index (χ1n) is 11.0. The average molecular weight is 541 g/mol. The summed E-state index contributed by atoms with van der Waals surface area (Å²) in [6, 6.07) is 10.8. The molecule has 2 aliphatic heterocycles. The highest BCUT2D eigenvalue weighted by molar-refractivity contribution is 6.39. The summed E-state index contributed by atoms with van der Waals surface area (Å²) in [7, 11) is 0. The number of barbiturate groups is 1. The van der Waals surface area contributed by atoms with Crippen molar-refractivity contribution in [1.82, 2.24) is 5.32 Å². The number of imide groups is 2. The van der Waals surface area contributed by atoms with Gasteiger partial charge >= 0.3 is 17.9 Å². The Kier molecular flexibility index (Phi) is 6.14. The fourth-order valence-corrected chi connectivity index (χ4v) is 3.76. The van der Waals surface area contributed by atoms with Gasteiger partial charge in [-0.25, -0.2) is 9.69 Å². The van der Waals surface area contributed by atoms with E-state index in [1.54, 1.807) is 0 Å². The second kappa shape index (κ2) is 9.48. The number of anilines is 1. The summed E-state index contributed by atoms with van der Waals surface area (Å²) in [5.41, 5.74) is -1.98. The molecule has 2 heterocycles. The Morgan fingerprint density at radius 1 is 0.974 bits per heavy atom. The zero-order chi connectivity index (χ0) is 27.9. The monoisotopic (exact) mass is 541 g/mol. The average Bonchev–Trinajstić information content (AvgIpc) is 3.35. The summed E-state index contributed by atoms with van der Waals surface area (Å²) < 4.78 is 54.7. The maximum absolute atomic E-state index is 13.1. The number of hydrogen-bond donors (Lipinski definition) is 1. The van der Waals surface area contributed by atoms with Gasteiger partial charge in [-0.05, 0) is 48.0 Å². The molecule has 0 radical (unpaired) electrons. The summed E-state index contributed by atoms with van der Waals surface area (Å²) in [4.78, 5) is 49.0. The van der Waals surface area contributed by atoms with Gasteiger partial charge in [-0.2, -0.15) is 13.2 Å². The van der Waals surface area contributed by atoms with E-state index in [1.807, 2.05) is 0 Å². The molecule has 1 fully saturated rings. The maximum atomic E-state index is 13.1. The van der Waals surface area contributed by atoms with Crippen molar-refractivity contribution in [3.05, 3.63) is 87.5 Å². The number of alkyl halides is 3. The molecule has 4 amide bonds. The molecule has 2 aliphatic rings. The lowest BCUT2D eigenvalue weighted by Gasteiger charge is -2.26. The highest BCUT2D eigenvalue weighted by atomic mass is 19.4. The Labute approximate surface area is 216 Å². The zero-order valence-electron chi connectivity index (χ0n) is 19.4. The van der Waals surface area contributed by atoms with Crippen LogP contribution in [0.15, 0.2) is 66.2 Å². The van der Waals surface area contributed by atoms with Crippen LogP contribution in [0, 0.1) is 10.1 Å². The standard InChI is InChI=1S/C25H14F3N3O8/c26-25(27,28)14-3-7-19(18(10-14)31(35)36)39-16-5-1-13(2-6-16)9-17-22(32)29-24(34)30(23(17)33)15-4-8-20-21(11-15)38-12-37-20/h1-11H,12H2,(H,29,32,34)/b17-9+. The Morgan fingerprint density at radius 2 is 1.69 bits per heavy atom. The molecule has 14 heteroatoms. The molecule has 0 unspecified atom stereocenters. The topological polar surface area (TPSA) is 137 Å². The van der Waals surface area contributed by atoms with Gasteiger partial charge in [0.25, 0.3) is 11.8 Å². The van der Waals surface area contributed by atoms with E-state index in [4.69, 9.17) is 14.2 Å². The van der Waals surface area contributed by atoms with Crippen molar-refractivity contribution in [2.75, 3.05) is 11.7 Å². The van der Waals surface area contributed by atoms with Gasteiger partial charge in [-0.15, -0.1) is 0 Å². The van der Waals surface area contributed by atoms with E-state index in [-0.39, 0.29) is 23.8 Å². The van der Waals surface area contributed by atoms with Crippen LogP contribution >= 0.6 is 0 Å². The van der Waals surface area contributed by atoms with Crippen LogP contribution in [0.4, 0.5) is 29.3 Å². The number of amides is 4. The fourth-order valence-electron chi connectivity index (χ4n) is 3.76. The van der Waals surface area contributed by atoms with Crippen LogP contribution in [0.25, 0.3) is 6.08 Å².